The molecule has 0 N–H and O–H groups in total. The van der Waals surface area contributed by atoms with Crippen LogP contribution in [-0.4, -0.2) is 19.2 Å². The first-order valence-electron chi connectivity index (χ1n) is 11.1. The van der Waals surface area contributed by atoms with Crippen molar-refractivity contribution in [3.63, 3.8) is 0 Å². The van der Waals surface area contributed by atoms with E-state index in [0.717, 1.165) is 31.4 Å². The molecule has 0 saturated carbocycles. The third-order valence-electron chi connectivity index (χ3n) is 4.68. The van der Waals surface area contributed by atoms with E-state index in [1.54, 1.807) is 24.3 Å². The normalized spacial score (nSPS) is 10.8. The van der Waals surface area contributed by atoms with E-state index in [1.807, 2.05) is 0 Å². The van der Waals surface area contributed by atoms with Gasteiger partial charge in [0, 0.05) is 0 Å². The lowest BCUT2D eigenvalue weighted by atomic mass is 10.1. The minimum Gasteiger partial charge on any atom is -0.494 e. The highest BCUT2D eigenvalue weighted by Gasteiger charge is 2.08. The zero-order valence-electron chi connectivity index (χ0n) is 17.8. The fourth-order valence-corrected chi connectivity index (χ4v) is 2.98. The molecule has 28 heavy (non-hydrogen) atoms. The molecule has 1 aromatic rings. The summed E-state index contributed by atoms with van der Waals surface area (Å²) in [7, 11) is 0. The van der Waals surface area contributed by atoms with Crippen LogP contribution >= 0.6 is 0 Å². The summed E-state index contributed by atoms with van der Waals surface area (Å²) in [6.07, 6.45) is 15.9. The van der Waals surface area contributed by atoms with E-state index in [4.69, 9.17) is 14.5 Å². The van der Waals surface area contributed by atoms with Crippen LogP contribution < -0.4 is 4.74 Å². The van der Waals surface area contributed by atoms with Gasteiger partial charge in [0.2, 0.25) is 0 Å². The van der Waals surface area contributed by atoms with Gasteiger partial charge in [-0.2, -0.15) is 4.89 Å². The molecule has 0 heterocycles. The second kappa shape index (κ2) is 17.5. The number of ether oxygens (including phenoxy) is 1. The molecule has 0 atom stereocenters. The first kappa shape index (κ1) is 24.5. The van der Waals surface area contributed by atoms with Crippen LogP contribution in [0, 0.1) is 6.92 Å². The second-order valence-corrected chi connectivity index (χ2v) is 7.31. The van der Waals surface area contributed by atoms with Gasteiger partial charge in [-0.3, -0.25) is 4.89 Å². The predicted molar refractivity (Wildman–Crippen MR) is 114 cm³/mol. The van der Waals surface area contributed by atoms with Crippen molar-refractivity contribution in [2.75, 3.05) is 13.2 Å². The Morgan fingerprint density at radius 3 is 1.86 bits per heavy atom. The Morgan fingerprint density at radius 1 is 0.786 bits per heavy atom. The fraction of sp³-hybridized carbons (Fsp3) is 0.667. The first-order valence-corrected chi connectivity index (χ1v) is 11.1. The van der Waals surface area contributed by atoms with E-state index < -0.39 is 5.97 Å². The highest BCUT2D eigenvalue weighted by Crippen LogP contribution is 2.14. The summed E-state index contributed by atoms with van der Waals surface area (Å²) in [4.78, 5) is 21.8. The lowest BCUT2D eigenvalue weighted by molar-refractivity contribution is -0.241. The Balaban J connectivity index is 1.92. The number of benzene rings is 1. The van der Waals surface area contributed by atoms with Gasteiger partial charge in [0.15, 0.2) is 0 Å². The molecule has 0 bridgehead atoms. The van der Waals surface area contributed by atoms with Crippen LogP contribution in [0.2, 0.25) is 0 Å². The summed E-state index contributed by atoms with van der Waals surface area (Å²) in [5.74, 6) is 0.297. The number of carbonyl (C=O) groups excluding carboxylic acids is 1. The molecule has 4 heteroatoms. The zero-order valence-corrected chi connectivity index (χ0v) is 17.8. The molecule has 1 radical (unpaired) electrons. The molecule has 0 fully saturated rings. The van der Waals surface area contributed by atoms with Gasteiger partial charge in [0.05, 0.1) is 18.8 Å². The van der Waals surface area contributed by atoms with Crippen molar-refractivity contribution in [1.29, 1.82) is 0 Å². The van der Waals surface area contributed by atoms with E-state index in [1.165, 1.54) is 57.8 Å². The number of hydrogen-bond donors (Lipinski definition) is 0. The highest BCUT2D eigenvalue weighted by molar-refractivity contribution is 5.89. The van der Waals surface area contributed by atoms with E-state index in [9.17, 15) is 4.79 Å². The van der Waals surface area contributed by atoms with Gasteiger partial charge in [-0.05, 0) is 37.1 Å². The molecule has 0 aliphatic heterocycles. The maximum absolute atomic E-state index is 11.9. The van der Waals surface area contributed by atoms with Gasteiger partial charge >= 0.3 is 5.97 Å². The lowest BCUT2D eigenvalue weighted by Crippen LogP contribution is -2.07. The van der Waals surface area contributed by atoms with Crippen LogP contribution in [0.25, 0.3) is 0 Å². The van der Waals surface area contributed by atoms with Crippen molar-refractivity contribution >= 4 is 5.97 Å². The third kappa shape index (κ3) is 12.8. The van der Waals surface area contributed by atoms with Gasteiger partial charge in [-0.1, -0.05) is 84.5 Å². The van der Waals surface area contributed by atoms with Crippen LogP contribution in [0.3, 0.4) is 0 Å². The Bertz CT molecular complexity index is 484. The van der Waals surface area contributed by atoms with E-state index in [0.29, 0.717) is 18.8 Å². The number of unbranched alkanes of at least 4 members (excludes halogenated alkanes) is 11. The van der Waals surface area contributed by atoms with E-state index in [-0.39, 0.29) is 0 Å². The third-order valence-corrected chi connectivity index (χ3v) is 4.68. The molecule has 0 saturated heterocycles. The number of rotatable bonds is 18. The summed E-state index contributed by atoms with van der Waals surface area (Å²) < 4.78 is 5.49. The molecular formula is C24H39O4. The Labute approximate surface area is 171 Å². The Morgan fingerprint density at radius 2 is 1.32 bits per heavy atom. The quantitative estimate of drug-likeness (QED) is 0.152. The molecule has 1 aromatic carbocycles. The van der Waals surface area contributed by atoms with Crippen LogP contribution in [0.1, 0.15) is 101 Å². The minimum absolute atomic E-state index is 0.454. The molecule has 4 nitrogen and oxygen atoms in total. The molecule has 0 unspecified atom stereocenters. The monoisotopic (exact) mass is 391 g/mol. The van der Waals surface area contributed by atoms with Crippen molar-refractivity contribution < 1.29 is 19.3 Å². The molecular weight excluding hydrogens is 352 g/mol. The van der Waals surface area contributed by atoms with E-state index >= 15 is 0 Å². The highest BCUT2D eigenvalue weighted by atomic mass is 17.2. The summed E-state index contributed by atoms with van der Waals surface area (Å²) in [5, 5.41) is 0. The average Bonchev–Trinajstić information content (AvgIpc) is 2.72. The van der Waals surface area contributed by atoms with Gasteiger partial charge in [0.1, 0.15) is 5.75 Å². The van der Waals surface area contributed by atoms with Gasteiger partial charge in [-0.25, -0.2) is 4.79 Å². The Hall–Kier alpha value is -1.55. The Kier molecular flexibility index (Phi) is 15.3. The SMILES string of the molecule is [CH2]CCCCCCCCCCCCCOOC(=O)c1ccc(OCCC)cc1. The first-order chi connectivity index (χ1) is 13.8. The van der Waals surface area contributed by atoms with Crippen molar-refractivity contribution in [3.8, 4) is 5.75 Å². The average molecular weight is 392 g/mol. The topological polar surface area (TPSA) is 44.8 Å². The molecule has 0 aliphatic rings. The summed E-state index contributed by atoms with van der Waals surface area (Å²) in [6, 6.07) is 6.93. The summed E-state index contributed by atoms with van der Waals surface area (Å²) in [6.45, 7) is 7.05. The van der Waals surface area contributed by atoms with Gasteiger partial charge in [0.25, 0.3) is 0 Å². The summed E-state index contributed by atoms with van der Waals surface area (Å²) >= 11 is 0. The fourth-order valence-electron chi connectivity index (χ4n) is 2.98. The predicted octanol–water partition coefficient (Wildman–Crippen LogP) is 7.08. The number of carbonyl (C=O) groups is 1. The maximum Gasteiger partial charge on any atom is 0.373 e. The largest absolute Gasteiger partial charge is 0.494 e. The molecule has 0 aromatic heterocycles. The molecule has 1 rings (SSSR count). The zero-order chi connectivity index (χ0) is 20.3. The van der Waals surface area contributed by atoms with Crippen molar-refractivity contribution in [3.05, 3.63) is 36.8 Å². The molecule has 0 aliphatic carbocycles. The van der Waals surface area contributed by atoms with Crippen molar-refractivity contribution in [1.82, 2.24) is 0 Å². The van der Waals surface area contributed by atoms with Crippen LogP contribution in [-0.2, 0) is 9.78 Å². The number of hydrogen-bond acceptors (Lipinski definition) is 4. The van der Waals surface area contributed by atoms with Crippen molar-refractivity contribution in [2.24, 2.45) is 0 Å². The lowest BCUT2D eigenvalue weighted by Gasteiger charge is -2.06. The maximum atomic E-state index is 11.9. The standard InChI is InChI=1S/C24H39O4/c1-3-5-6-7-8-9-10-11-12-13-14-15-21-27-28-24(25)22-16-18-23(19-17-22)26-20-4-2/h16-19H,1,3-15,20-21H2,2H3. The van der Waals surface area contributed by atoms with Gasteiger partial charge < -0.3 is 4.74 Å². The van der Waals surface area contributed by atoms with Gasteiger partial charge in [-0.15, -0.1) is 0 Å². The van der Waals surface area contributed by atoms with Crippen LogP contribution in [0.15, 0.2) is 24.3 Å². The molecule has 159 valence electrons. The second-order valence-electron chi connectivity index (χ2n) is 7.31. The van der Waals surface area contributed by atoms with Crippen LogP contribution in [0.4, 0.5) is 0 Å². The van der Waals surface area contributed by atoms with E-state index in [2.05, 4.69) is 13.8 Å². The summed E-state index contributed by atoms with van der Waals surface area (Å²) in [5.41, 5.74) is 0.468. The van der Waals surface area contributed by atoms with Crippen molar-refractivity contribution in [2.45, 2.75) is 90.4 Å². The molecule has 0 amide bonds. The minimum atomic E-state index is -0.461. The smallest absolute Gasteiger partial charge is 0.373 e. The molecule has 0 spiro atoms. The van der Waals surface area contributed by atoms with Crippen LogP contribution in [0.5, 0.6) is 5.75 Å².